The Balaban J connectivity index is 1.95. The molecule has 5 nitrogen and oxygen atoms in total. The van der Waals surface area contributed by atoms with E-state index in [-0.39, 0.29) is 12.3 Å². The molecule has 0 aliphatic carbocycles. The van der Waals surface area contributed by atoms with E-state index in [2.05, 4.69) is 29.8 Å². The summed E-state index contributed by atoms with van der Waals surface area (Å²) in [4.78, 5) is 18.9. The molecule has 0 N–H and O–H groups in total. The van der Waals surface area contributed by atoms with Gasteiger partial charge in [-0.15, -0.1) is 18.3 Å². The van der Waals surface area contributed by atoms with E-state index in [1.54, 1.807) is 38.1 Å². The first-order valence-corrected chi connectivity index (χ1v) is 10.7. The molecular weight excluding hydrogens is 392 g/mol. The zero-order valence-corrected chi connectivity index (χ0v) is 17.7. The van der Waals surface area contributed by atoms with E-state index in [0.29, 0.717) is 22.8 Å². The minimum absolute atomic E-state index is 0.193. The van der Waals surface area contributed by atoms with Gasteiger partial charge in [0, 0.05) is 11.4 Å². The quantitative estimate of drug-likeness (QED) is 0.427. The first-order chi connectivity index (χ1) is 13.6. The third-order valence-electron chi connectivity index (χ3n) is 4.23. The van der Waals surface area contributed by atoms with Crippen molar-refractivity contribution in [3.05, 3.63) is 59.4 Å². The van der Waals surface area contributed by atoms with E-state index in [9.17, 15) is 4.79 Å². The fourth-order valence-electron chi connectivity index (χ4n) is 2.88. The van der Waals surface area contributed by atoms with Crippen molar-refractivity contribution in [3.8, 4) is 11.5 Å². The fourth-order valence-corrected chi connectivity index (χ4v) is 4.49. The van der Waals surface area contributed by atoms with Crippen molar-refractivity contribution in [3.63, 3.8) is 0 Å². The van der Waals surface area contributed by atoms with Gasteiger partial charge in [0.15, 0.2) is 16.3 Å². The Kier molecular flexibility index (Phi) is 6.59. The molecule has 0 aliphatic heterocycles. The molecule has 0 fully saturated rings. The van der Waals surface area contributed by atoms with Gasteiger partial charge in [-0.2, -0.15) is 4.99 Å². The maximum absolute atomic E-state index is 12.6. The summed E-state index contributed by atoms with van der Waals surface area (Å²) in [5.41, 5.74) is 1.88. The van der Waals surface area contributed by atoms with Gasteiger partial charge in [0.25, 0.3) is 5.91 Å². The van der Waals surface area contributed by atoms with Crippen molar-refractivity contribution >= 4 is 39.2 Å². The summed E-state index contributed by atoms with van der Waals surface area (Å²) in [6.45, 7) is 4.43. The third-order valence-corrected chi connectivity index (χ3v) is 5.99. The van der Waals surface area contributed by atoms with Crippen molar-refractivity contribution < 1.29 is 14.3 Å². The van der Waals surface area contributed by atoms with Crippen molar-refractivity contribution in [1.29, 1.82) is 0 Å². The fraction of sp³-hybridized carbons (Fsp3) is 0.238. The van der Waals surface area contributed by atoms with Crippen LogP contribution in [-0.4, -0.2) is 30.9 Å². The standard InChI is InChI=1S/C21H22N2O3S2/c1-5-10-23-16-8-7-15(27-4)13-19(16)28-21(23)22-20(24)12-14-6-9-17(25-2)18(11-14)26-3/h5-9,11,13H,1,10,12H2,2-4H3. The first kappa shape index (κ1) is 20.2. The van der Waals surface area contributed by atoms with Crippen molar-refractivity contribution in [2.45, 2.75) is 17.9 Å². The lowest BCUT2D eigenvalue weighted by Crippen LogP contribution is -2.16. The van der Waals surface area contributed by atoms with Gasteiger partial charge >= 0.3 is 0 Å². The Morgan fingerprint density at radius 1 is 1.21 bits per heavy atom. The largest absolute Gasteiger partial charge is 0.493 e. The molecule has 0 atom stereocenters. The zero-order valence-electron chi connectivity index (χ0n) is 16.1. The molecule has 0 spiro atoms. The number of rotatable bonds is 7. The van der Waals surface area contributed by atoms with Crippen LogP contribution in [0.4, 0.5) is 0 Å². The third kappa shape index (κ3) is 4.31. The summed E-state index contributed by atoms with van der Waals surface area (Å²) in [6, 6.07) is 11.7. The summed E-state index contributed by atoms with van der Waals surface area (Å²) in [6.07, 6.45) is 4.05. The van der Waals surface area contributed by atoms with Crippen molar-refractivity contribution in [1.82, 2.24) is 4.57 Å². The van der Waals surface area contributed by atoms with E-state index < -0.39 is 0 Å². The number of hydrogen-bond acceptors (Lipinski definition) is 5. The van der Waals surface area contributed by atoms with Crippen molar-refractivity contribution in [2.24, 2.45) is 4.99 Å². The first-order valence-electron chi connectivity index (χ1n) is 8.66. The Hall–Kier alpha value is -2.51. The van der Waals surface area contributed by atoms with Gasteiger partial charge in [-0.05, 0) is 42.2 Å². The number of amides is 1. The van der Waals surface area contributed by atoms with Gasteiger partial charge in [0.2, 0.25) is 0 Å². The number of fused-ring (bicyclic) bond motifs is 1. The molecule has 1 amide bonds. The molecule has 1 aromatic heterocycles. The predicted molar refractivity (Wildman–Crippen MR) is 116 cm³/mol. The number of hydrogen-bond donors (Lipinski definition) is 0. The molecule has 0 saturated heterocycles. The Morgan fingerprint density at radius 3 is 2.68 bits per heavy atom. The van der Waals surface area contributed by atoms with Crippen LogP contribution < -0.4 is 14.3 Å². The second-order valence-corrected chi connectivity index (χ2v) is 7.88. The van der Waals surface area contributed by atoms with E-state index in [1.165, 1.54) is 16.2 Å². The average molecular weight is 415 g/mol. The molecule has 0 bridgehead atoms. The van der Waals surface area contributed by atoms with Crippen molar-refractivity contribution in [2.75, 3.05) is 20.5 Å². The highest BCUT2D eigenvalue weighted by molar-refractivity contribution is 7.98. The normalized spacial score (nSPS) is 11.6. The van der Waals surface area contributed by atoms with Gasteiger partial charge in [-0.3, -0.25) is 4.79 Å². The molecule has 0 unspecified atom stereocenters. The van der Waals surface area contributed by atoms with E-state index in [0.717, 1.165) is 15.8 Å². The molecule has 0 aliphatic rings. The molecule has 28 heavy (non-hydrogen) atoms. The Morgan fingerprint density at radius 2 is 2.00 bits per heavy atom. The molecular formula is C21H22N2O3S2. The maximum atomic E-state index is 12.6. The van der Waals surface area contributed by atoms with Gasteiger partial charge in [-0.1, -0.05) is 23.5 Å². The number of carbonyl (C=O) groups is 1. The van der Waals surface area contributed by atoms with Crippen LogP contribution in [0.15, 0.2) is 58.9 Å². The number of methoxy groups -OCH3 is 2. The molecule has 3 aromatic rings. The number of allylic oxidation sites excluding steroid dienone is 1. The summed E-state index contributed by atoms with van der Waals surface area (Å²) < 4.78 is 13.7. The van der Waals surface area contributed by atoms with E-state index in [4.69, 9.17) is 9.47 Å². The smallest absolute Gasteiger partial charge is 0.252 e. The highest BCUT2D eigenvalue weighted by Gasteiger charge is 2.10. The number of carbonyl (C=O) groups excluding carboxylic acids is 1. The Labute approximate surface area is 172 Å². The molecule has 1 heterocycles. The molecule has 7 heteroatoms. The predicted octanol–water partition coefficient (Wildman–Crippen LogP) is 4.30. The second kappa shape index (κ2) is 9.12. The Bertz CT molecular complexity index is 1080. The molecule has 146 valence electrons. The van der Waals surface area contributed by atoms with Crippen LogP contribution >= 0.6 is 23.1 Å². The molecule has 0 saturated carbocycles. The van der Waals surface area contributed by atoms with E-state index in [1.807, 2.05) is 23.0 Å². The summed E-state index contributed by atoms with van der Waals surface area (Å²) in [5, 5.41) is 0. The van der Waals surface area contributed by atoms with E-state index >= 15 is 0 Å². The van der Waals surface area contributed by atoms with Crippen LogP contribution in [0.3, 0.4) is 0 Å². The highest BCUT2D eigenvalue weighted by atomic mass is 32.2. The van der Waals surface area contributed by atoms with Gasteiger partial charge < -0.3 is 14.0 Å². The average Bonchev–Trinajstić information content (AvgIpc) is 3.04. The van der Waals surface area contributed by atoms with Crippen LogP contribution in [0.25, 0.3) is 10.2 Å². The minimum atomic E-state index is -0.207. The van der Waals surface area contributed by atoms with Crippen LogP contribution in [0, 0.1) is 0 Å². The number of benzene rings is 2. The van der Waals surface area contributed by atoms with Gasteiger partial charge in [-0.25, -0.2) is 0 Å². The number of thiazole rings is 1. The van der Waals surface area contributed by atoms with Gasteiger partial charge in [0.1, 0.15) is 0 Å². The summed E-state index contributed by atoms with van der Waals surface area (Å²) in [5.74, 6) is 1.02. The summed E-state index contributed by atoms with van der Waals surface area (Å²) >= 11 is 3.21. The zero-order chi connectivity index (χ0) is 20.1. The number of aromatic nitrogens is 1. The van der Waals surface area contributed by atoms with Crippen LogP contribution in [0.5, 0.6) is 11.5 Å². The number of thioether (sulfide) groups is 1. The summed E-state index contributed by atoms with van der Waals surface area (Å²) in [7, 11) is 3.16. The minimum Gasteiger partial charge on any atom is -0.493 e. The lowest BCUT2D eigenvalue weighted by Gasteiger charge is -2.08. The van der Waals surface area contributed by atoms with Crippen LogP contribution in [0.2, 0.25) is 0 Å². The topological polar surface area (TPSA) is 52.8 Å². The maximum Gasteiger partial charge on any atom is 0.252 e. The second-order valence-electron chi connectivity index (χ2n) is 5.99. The lowest BCUT2D eigenvalue weighted by atomic mass is 10.1. The molecule has 2 aromatic carbocycles. The molecule has 3 rings (SSSR count). The SMILES string of the molecule is C=CCn1c(=NC(=O)Cc2ccc(OC)c(OC)c2)sc2cc(SC)ccc21. The highest BCUT2D eigenvalue weighted by Crippen LogP contribution is 2.28. The number of nitrogens with zero attached hydrogens (tertiary/aromatic N) is 2. The van der Waals surface area contributed by atoms with Crippen LogP contribution in [0.1, 0.15) is 5.56 Å². The molecule has 0 radical (unpaired) electrons. The van der Waals surface area contributed by atoms with Gasteiger partial charge in [0.05, 0.1) is 30.9 Å². The lowest BCUT2D eigenvalue weighted by molar-refractivity contribution is -0.117. The monoisotopic (exact) mass is 414 g/mol. The van der Waals surface area contributed by atoms with Crippen LogP contribution in [-0.2, 0) is 17.8 Å². The number of ether oxygens (including phenoxy) is 2.